The number of hydrogen-bond acceptors (Lipinski definition) is 11. The molecule has 2 aliphatic heterocycles. The lowest BCUT2D eigenvalue weighted by Gasteiger charge is -2.30. The Bertz CT molecular complexity index is 1880. The Morgan fingerprint density at radius 1 is 1.05 bits per heavy atom. The zero-order chi connectivity index (χ0) is 39.6. The molecule has 6 rings (SSSR count). The zero-order valence-electron chi connectivity index (χ0n) is 32.5. The quantitative estimate of drug-likeness (QED) is 0.300. The molecular weight excluding hydrogens is 731 g/mol. The van der Waals surface area contributed by atoms with Gasteiger partial charge in [0.05, 0.1) is 19.3 Å². The fraction of sp³-hybridized carbons (Fsp3) is 0.667. The second kappa shape index (κ2) is 16.1. The number of aromatic nitrogens is 1. The minimum absolute atomic E-state index is 0.0119. The van der Waals surface area contributed by atoms with Crippen molar-refractivity contribution < 1.29 is 46.0 Å². The Labute approximate surface area is 323 Å². The van der Waals surface area contributed by atoms with Crippen LogP contribution in [-0.2, 0) is 33.6 Å². The van der Waals surface area contributed by atoms with Crippen molar-refractivity contribution in [3.63, 3.8) is 0 Å². The SMILES string of the molecule is CCCC1(OS(=O)(=O)NC(=O)[C@@]23C[C@@H]2CCCCCCC[C@H](NC(=O)OC(C)(C)C)C(=O)N2C[C@H](Oc4nccc5cc(OC)ccc45)C[C@H]2C(=O)N3)CC1. The standard InChI is InChI=1S/C39H55N5O10S/c1-6-17-38(18-19-38)54-55(49,50)43-35(47)39-23-26(39)12-10-8-7-9-11-13-30(41-36(48)53-37(2,3)4)34(46)44-24-28(22-31(44)32(45)42-39)52-33-29-15-14-27(51-5)21-25(29)16-20-40-33/h14-16,20-21,26,28,30-31H,6-13,17-19,22-24H2,1-5H3,(H,41,48)(H,42,45)(H,43,47)/t26-,28+,30-,31-,39+/m0/s1. The molecule has 15 nitrogen and oxygen atoms in total. The highest BCUT2D eigenvalue weighted by atomic mass is 32.2. The molecule has 2 saturated heterocycles. The van der Waals surface area contributed by atoms with Crippen LogP contribution >= 0.6 is 0 Å². The number of benzene rings is 1. The van der Waals surface area contributed by atoms with E-state index in [0.717, 1.165) is 37.5 Å². The first-order valence-corrected chi connectivity index (χ1v) is 21.0. The van der Waals surface area contributed by atoms with Gasteiger partial charge in [-0.3, -0.25) is 14.4 Å². The van der Waals surface area contributed by atoms with E-state index in [1.165, 1.54) is 4.90 Å². The number of carbonyl (C=O) groups excluding carboxylic acids is 4. The maximum absolute atomic E-state index is 14.5. The fourth-order valence-electron chi connectivity index (χ4n) is 7.96. The smallest absolute Gasteiger partial charge is 0.408 e. The average Bonchev–Trinajstić information content (AvgIpc) is 3.98. The van der Waals surface area contributed by atoms with Crippen LogP contribution in [0.5, 0.6) is 11.6 Å². The molecule has 0 spiro atoms. The number of pyridine rings is 1. The van der Waals surface area contributed by atoms with Gasteiger partial charge in [0, 0.05) is 18.0 Å². The molecule has 16 heteroatoms. The summed E-state index contributed by atoms with van der Waals surface area (Å²) < 4.78 is 51.2. The third-order valence-electron chi connectivity index (χ3n) is 11.0. The molecule has 4 amide bonds. The van der Waals surface area contributed by atoms with Crippen molar-refractivity contribution in [1.29, 1.82) is 0 Å². The van der Waals surface area contributed by atoms with E-state index in [2.05, 4.69) is 20.3 Å². The Hall–Kier alpha value is -4.18. The summed E-state index contributed by atoms with van der Waals surface area (Å²) in [5, 5.41) is 7.19. The van der Waals surface area contributed by atoms with Crippen molar-refractivity contribution in [2.75, 3.05) is 13.7 Å². The monoisotopic (exact) mass is 785 g/mol. The predicted octanol–water partition coefficient (Wildman–Crippen LogP) is 4.81. The molecule has 55 heavy (non-hydrogen) atoms. The number of alkyl carbamates (subject to hydrolysis) is 1. The maximum atomic E-state index is 14.5. The third kappa shape index (κ3) is 9.80. The Morgan fingerprint density at radius 2 is 1.78 bits per heavy atom. The van der Waals surface area contributed by atoms with E-state index >= 15 is 0 Å². The zero-order valence-corrected chi connectivity index (χ0v) is 33.3. The van der Waals surface area contributed by atoms with E-state index < -0.39 is 69.0 Å². The highest BCUT2D eigenvalue weighted by molar-refractivity contribution is 7.85. The van der Waals surface area contributed by atoms with Gasteiger partial charge in [0.2, 0.25) is 17.7 Å². The number of nitrogens with one attached hydrogen (secondary N) is 3. The van der Waals surface area contributed by atoms with Gasteiger partial charge in [0.25, 0.3) is 5.91 Å². The number of nitrogens with zero attached hydrogens (tertiary/aromatic N) is 2. The van der Waals surface area contributed by atoms with Crippen LogP contribution in [0.4, 0.5) is 4.79 Å². The summed E-state index contributed by atoms with van der Waals surface area (Å²) in [6, 6.07) is 5.17. The van der Waals surface area contributed by atoms with Gasteiger partial charge < -0.3 is 29.7 Å². The highest BCUT2D eigenvalue weighted by Crippen LogP contribution is 2.49. The largest absolute Gasteiger partial charge is 0.497 e. The highest BCUT2D eigenvalue weighted by Gasteiger charge is 2.62. The second-order valence-corrected chi connectivity index (χ2v) is 17.8. The van der Waals surface area contributed by atoms with E-state index in [1.54, 1.807) is 40.1 Å². The van der Waals surface area contributed by atoms with Crippen molar-refractivity contribution in [3.8, 4) is 11.6 Å². The van der Waals surface area contributed by atoms with Gasteiger partial charge >= 0.3 is 16.4 Å². The van der Waals surface area contributed by atoms with E-state index in [1.807, 2.05) is 25.1 Å². The number of amides is 4. The minimum Gasteiger partial charge on any atom is -0.497 e. The van der Waals surface area contributed by atoms with Crippen molar-refractivity contribution in [2.24, 2.45) is 5.92 Å². The first-order chi connectivity index (χ1) is 26.1. The normalized spacial score (nSPS) is 27.0. The fourth-order valence-corrected chi connectivity index (χ4v) is 9.12. The summed E-state index contributed by atoms with van der Waals surface area (Å²) in [6.07, 6.45) is 7.76. The Morgan fingerprint density at radius 3 is 2.47 bits per heavy atom. The summed E-state index contributed by atoms with van der Waals surface area (Å²) in [6.45, 7) is 7.12. The molecular formula is C39H55N5O10S. The molecule has 0 bridgehead atoms. The van der Waals surface area contributed by atoms with Crippen LogP contribution in [0.15, 0.2) is 30.5 Å². The number of fused-ring (bicyclic) bond motifs is 3. The molecule has 1 aromatic heterocycles. The van der Waals surface area contributed by atoms with Crippen LogP contribution < -0.4 is 24.8 Å². The van der Waals surface area contributed by atoms with Gasteiger partial charge in [-0.2, -0.15) is 8.42 Å². The Balaban J connectivity index is 1.28. The molecule has 3 N–H and O–H groups in total. The van der Waals surface area contributed by atoms with Crippen LogP contribution in [0.2, 0.25) is 0 Å². The van der Waals surface area contributed by atoms with Crippen LogP contribution in [0, 0.1) is 5.92 Å². The van der Waals surface area contributed by atoms with E-state index in [0.29, 0.717) is 55.5 Å². The molecule has 2 saturated carbocycles. The molecule has 4 aliphatic rings. The third-order valence-corrected chi connectivity index (χ3v) is 12.0. The van der Waals surface area contributed by atoms with E-state index in [9.17, 15) is 27.6 Å². The van der Waals surface area contributed by atoms with Crippen LogP contribution in [0.25, 0.3) is 10.8 Å². The molecule has 2 aromatic rings. The number of hydrogen-bond donors (Lipinski definition) is 3. The molecule has 1 aromatic carbocycles. The van der Waals surface area contributed by atoms with Crippen LogP contribution in [0.1, 0.15) is 111 Å². The van der Waals surface area contributed by atoms with E-state index in [4.69, 9.17) is 18.4 Å². The number of methoxy groups -OCH3 is 1. The lowest BCUT2D eigenvalue weighted by Crippen LogP contribution is -2.58. The maximum Gasteiger partial charge on any atom is 0.408 e. The number of rotatable bonds is 10. The van der Waals surface area contributed by atoms with Crippen molar-refractivity contribution in [2.45, 2.75) is 146 Å². The topological polar surface area (TPSA) is 192 Å². The minimum atomic E-state index is -4.47. The second-order valence-electron chi connectivity index (χ2n) is 16.5. The molecule has 302 valence electrons. The van der Waals surface area contributed by atoms with Crippen LogP contribution in [-0.4, -0.2) is 90.7 Å². The molecule has 5 atom stereocenters. The summed E-state index contributed by atoms with van der Waals surface area (Å²) in [5.74, 6) is -1.31. The number of ether oxygens (including phenoxy) is 3. The predicted molar refractivity (Wildman–Crippen MR) is 202 cm³/mol. The summed E-state index contributed by atoms with van der Waals surface area (Å²) >= 11 is 0. The lowest BCUT2D eigenvalue weighted by atomic mass is 10.0. The number of carbonyl (C=O) groups is 4. The Kier molecular flexibility index (Phi) is 11.9. The van der Waals surface area contributed by atoms with Crippen LogP contribution in [0.3, 0.4) is 0 Å². The van der Waals surface area contributed by atoms with Crippen molar-refractivity contribution >= 4 is 44.9 Å². The van der Waals surface area contributed by atoms with Crippen molar-refractivity contribution in [1.82, 2.24) is 25.2 Å². The summed E-state index contributed by atoms with van der Waals surface area (Å²) in [5.41, 5.74) is -3.12. The summed E-state index contributed by atoms with van der Waals surface area (Å²) in [4.78, 5) is 61.7. The molecule has 2 aliphatic carbocycles. The van der Waals surface area contributed by atoms with Crippen molar-refractivity contribution in [3.05, 3.63) is 30.5 Å². The first-order valence-electron chi connectivity index (χ1n) is 19.6. The first kappa shape index (κ1) is 40.5. The molecule has 0 radical (unpaired) electrons. The molecule has 3 heterocycles. The average molecular weight is 786 g/mol. The summed E-state index contributed by atoms with van der Waals surface area (Å²) in [7, 11) is -2.89. The molecule has 4 fully saturated rings. The van der Waals surface area contributed by atoms with Gasteiger partial charge in [-0.25, -0.2) is 18.7 Å². The van der Waals surface area contributed by atoms with Gasteiger partial charge in [0.1, 0.15) is 35.1 Å². The molecule has 0 unspecified atom stereocenters. The van der Waals surface area contributed by atoms with Gasteiger partial charge in [-0.05, 0) is 94.9 Å². The van der Waals surface area contributed by atoms with E-state index in [-0.39, 0.29) is 25.3 Å². The van der Waals surface area contributed by atoms with Gasteiger partial charge in [-0.15, -0.1) is 0 Å². The van der Waals surface area contributed by atoms with Gasteiger partial charge in [-0.1, -0.05) is 45.4 Å². The lowest BCUT2D eigenvalue weighted by molar-refractivity contribution is -0.141. The van der Waals surface area contributed by atoms with Gasteiger partial charge in [0.15, 0.2) is 0 Å².